The van der Waals surface area contributed by atoms with Gasteiger partial charge in [0.25, 0.3) is 5.91 Å². The van der Waals surface area contributed by atoms with Gasteiger partial charge in [0.15, 0.2) is 0 Å². The Kier molecular flexibility index (Phi) is 11.2. The first-order chi connectivity index (χ1) is 21.8. The number of nitrogens with two attached hydrogens (primary N) is 1. The van der Waals surface area contributed by atoms with E-state index < -0.39 is 33.4 Å². The number of hydrogen-bond donors (Lipinski definition) is 3. The van der Waals surface area contributed by atoms with Gasteiger partial charge >= 0.3 is 5.63 Å². The van der Waals surface area contributed by atoms with E-state index in [0.29, 0.717) is 29.5 Å². The van der Waals surface area contributed by atoms with E-state index in [9.17, 15) is 23.1 Å². The fourth-order valence-corrected chi connectivity index (χ4v) is 6.62. The number of carbonyl (C=O) groups is 1. The van der Waals surface area contributed by atoms with Crippen LogP contribution in [-0.2, 0) is 10.0 Å². The van der Waals surface area contributed by atoms with Gasteiger partial charge < -0.3 is 14.4 Å². The van der Waals surface area contributed by atoms with Crippen LogP contribution < -0.4 is 16.2 Å². The number of aromatic hydroxyl groups is 1. The molecule has 1 heterocycles. The van der Waals surface area contributed by atoms with Crippen molar-refractivity contribution in [2.45, 2.75) is 45.4 Å². The van der Waals surface area contributed by atoms with Crippen molar-refractivity contribution in [1.82, 2.24) is 10.3 Å². The van der Waals surface area contributed by atoms with Crippen LogP contribution in [0.5, 0.6) is 5.75 Å². The molecule has 3 aromatic carbocycles. The Bertz CT molecular complexity index is 1860. The molecule has 244 valence electrons. The van der Waals surface area contributed by atoms with E-state index in [4.69, 9.17) is 9.56 Å². The van der Waals surface area contributed by atoms with Gasteiger partial charge in [0.05, 0.1) is 21.4 Å². The molecule has 4 aromatic rings. The number of nitrogens with one attached hydrogen (secondary N) is 1. The van der Waals surface area contributed by atoms with Gasteiger partial charge in [-0.15, -0.1) is 0 Å². The minimum Gasteiger partial charge on any atom is -0.507 e. The Morgan fingerprint density at radius 2 is 1.50 bits per heavy atom. The van der Waals surface area contributed by atoms with Crippen LogP contribution in [0.3, 0.4) is 0 Å². The zero-order chi connectivity index (χ0) is 33.6. The van der Waals surface area contributed by atoms with Crippen molar-refractivity contribution in [3.8, 4) is 5.75 Å². The van der Waals surface area contributed by atoms with Crippen LogP contribution in [-0.4, -0.2) is 49.7 Å². The minimum absolute atomic E-state index is 0.0874. The van der Waals surface area contributed by atoms with Gasteiger partial charge in [0.1, 0.15) is 11.3 Å². The average Bonchev–Trinajstić information content (AvgIpc) is 3.00. The van der Waals surface area contributed by atoms with Gasteiger partial charge in [0.2, 0.25) is 10.0 Å². The monoisotopic (exact) mass is 646 g/mol. The summed E-state index contributed by atoms with van der Waals surface area (Å²) in [6.45, 7) is 12.2. The molecule has 0 bridgehead atoms. The first-order valence-corrected chi connectivity index (χ1v) is 16.8. The molecule has 10 nitrogen and oxygen atoms in total. The van der Waals surface area contributed by atoms with Crippen LogP contribution in [0.25, 0.3) is 11.0 Å². The predicted molar refractivity (Wildman–Crippen MR) is 180 cm³/mol. The lowest BCUT2D eigenvalue weighted by atomic mass is 9.78. The van der Waals surface area contributed by atoms with Crippen molar-refractivity contribution in [2.75, 3.05) is 19.6 Å². The molecule has 0 radical (unpaired) electrons. The van der Waals surface area contributed by atoms with Crippen molar-refractivity contribution in [2.24, 2.45) is 28.0 Å². The van der Waals surface area contributed by atoms with Gasteiger partial charge in [-0.2, -0.15) is 5.10 Å². The number of amides is 1. The molecule has 2 unspecified atom stereocenters. The molecule has 1 amide bonds. The number of sulfonamides is 1. The summed E-state index contributed by atoms with van der Waals surface area (Å²) in [6.07, 6.45) is 0. The second-order valence-electron chi connectivity index (χ2n) is 12.4. The van der Waals surface area contributed by atoms with Gasteiger partial charge in [0, 0.05) is 37.2 Å². The number of nitrogens with zero attached hydrogens (tertiary/aromatic N) is 2. The fraction of sp³-hybridized carbons (Fsp3) is 0.343. The number of rotatable bonds is 13. The lowest BCUT2D eigenvalue weighted by Crippen LogP contribution is -2.41. The molecule has 0 saturated carbocycles. The maximum Gasteiger partial charge on any atom is 0.343 e. The molecule has 2 atom stereocenters. The highest BCUT2D eigenvalue weighted by Gasteiger charge is 2.35. The molecule has 0 aliphatic rings. The second-order valence-corrected chi connectivity index (χ2v) is 13.9. The Morgan fingerprint density at radius 3 is 2.13 bits per heavy atom. The number of fused-ring (bicyclic) bond motifs is 1. The summed E-state index contributed by atoms with van der Waals surface area (Å²) in [5, 5.41) is 21.9. The summed E-state index contributed by atoms with van der Waals surface area (Å²) in [6, 6.07) is 21.8. The molecule has 0 spiro atoms. The normalized spacial score (nSPS) is 13.8. The van der Waals surface area contributed by atoms with Crippen LogP contribution in [0, 0.1) is 17.8 Å². The van der Waals surface area contributed by atoms with Crippen LogP contribution in [0.2, 0.25) is 0 Å². The van der Waals surface area contributed by atoms with Crippen LogP contribution >= 0.6 is 0 Å². The Morgan fingerprint density at radius 1 is 0.913 bits per heavy atom. The van der Waals surface area contributed by atoms with Crippen LogP contribution in [0.15, 0.2) is 98.1 Å². The Hall–Kier alpha value is -4.32. The van der Waals surface area contributed by atoms with Crippen LogP contribution in [0.1, 0.15) is 62.0 Å². The topological polar surface area (TPSA) is 155 Å². The summed E-state index contributed by atoms with van der Waals surface area (Å²) in [5.74, 6) is -1.53. The third-order valence-electron chi connectivity index (χ3n) is 7.70. The average molecular weight is 647 g/mol. The van der Waals surface area contributed by atoms with E-state index in [1.807, 2.05) is 30.3 Å². The van der Waals surface area contributed by atoms with Crippen LogP contribution in [0.4, 0.5) is 0 Å². The van der Waals surface area contributed by atoms with E-state index in [1.165, 1.54) is 24.3 Å². The summed E-state index contributed by atoms with van der Waals surface area (Å²) < 4.78 is 30.0. The molecular formula is C35H42N4O6S. The van der Waals surface area contributed by atoms with E-state index in [0.717, 1.165) is 18.7 Å². The third-order valence-corrected chi connectivity index (χ3v) is 8.67. The molecule has 0 aliphatic carbocycles. The Labute approximate surface area is 270 Å². The first-order valence-electron chi connectivity index (χ1n) is 15.3. The molecule has 4 rings (SSSR count). The minimum atomic E-state index is -4.17. The van der Waals surface area contributed by atoms with Crippen molar-refractivity contribution >= 4 is 32.6 Å². The summed E-state index contributed by atoms with van der Waals surface area (Å²) in [7, 11) is -4.17. The number of carbonyl (C=O) groups excluding carboxylic acids is 1. The number of benzene rings is 3. The highest BCUT2D eigenvalue weighted by Crippen LogP contribution is 2.39. The lowest BCUT2D eigenvalue weighted by Gasteiger charge is -2.34. The molecule has 0 fully saturated rings. The van der Waals surface area contributed by atoms with Gasteiger partial charge in [-0.3, -0.25) is 4.79 Å². The number of hydrogen-bond acceptors (Lipinski definition) is 8. The van der Waals surface area contributed by atoms with E-state index in [2.05, 4.69) is 43.1 Å². The zero-order valence-electron chi connectivity index (χ0n) is 26.8. The molecule has 46 heavy (non-hydrogen) atoms. The fourth-order valence-electron chi connectivity index (χ4n) is 5.88. The molecule has 1 aromatic heterocycles. The number of primary sulfonamides is 1. The Balaban J connectivity index is 1.89. The molecule has 11 heteroatoms. The number of hydrazone groups is 1. The van der Waals surface area contributed by atoms with Crippen molar-refractivity contribution in [3.63, 3.8) is 0 Å². The summed E-state index contributed by atoms with van der Waals surface area (Å²) >= 11 is 0. The zero-order valence-corrected chi connectivity index (χ0v) is 27.6. The van der Waals surface area contributed by atoms with E-state index in [-0.39, 0.29) is 27.4 Å². The van der Waals surface area contributed by atoms with Crippen molar-refractivity contribution in [1.29, 1.82) is 0 Å². The maximum atomic E-state index is 13.7. The highest BCUT2D eigenvalue weighted by molar-refractivity contribution is 7.89. The van der Waals surface area contributed by atoms with Gasteiger partial charge in [-0.05, 0) is 48.6 Å². The lowest BCUT2D eigenvalue weighted by molar-refractivity contribution is 0.0951. The maximum absolute atomic E-state index is 13.7. The van der Waals surface area contributed by atoms with E-state index >= 15 is 0 Å². The molecule has 0 saturated heterocycles. The van der Waals surface area contributed by atoms with Gasteiger partial charge in [-0.25, -0.2) is 23.8 Å². The third kappa shape index (κ3) is 8.28. The van der Waals surface area contributed by atoms with Crippen molar-refractivity contribution < 1.29 is 22.7 Å². The highest BCUT2D eigenvalue weighted by atomic mass is 32.2. The smallest absolute Gasteiger partial charge is 0.343 e. The quantitative estimate of drug-likeness (QED) is 0.101. The molecule has 4 N–H and O–H groups in total. The first kappa shape index (κ1) is 34.6. The summed E-state index contributed by atoms with van der Waals surface area (Å²) in [5.41, 5.74) is 3.25. The molecular weight excluding hydrogens is 604 g/mol. The van der Waals surface area contributed by atoms with E-state index in [1.54, 1.807) is 31.2 Å². The second kappa shape index (κ2) is 14.8. The van der Waals surface area contributed by atoms with Crippen molar-refractivity contribution in [3.05, 3.63) is 106 Å². The summed E-state index contributed by atoms with van der Waals surface area (Å²) in [4.78, 5) is 28.9. The molecule has 0 aliphatic heterocycles. The SMILES string of the molecule is C/C(=N\NC(=O)c1ccccc1S(N)(=O)=O)C(CN(CC(C)C)CC(C)C)C(c1ccccc1)c1c(O)c2ccccc2oc1=O. The number of para-hydroxylation sites is 1. The largest absolute Gasteiger partial charge is 0.507 e. The van der Waals surface area contributed by atoms with Gasteiger partial charge in [-0.1, -0.05) is 82.3 Å². The standard InChI is InChI=1S/C35H42N4O6S/c1-22(2)19-39(20-23(3)4)21-28(24(5)37-38-34(41)27-16-10-12-18-30(27)46(36,43)44)31(25-13-7-6-8-14-25)32-33(40)26-15-9-11-17-29(26)45-35(32)42/h6-18,22-23,28,31,40H,19-21H2,1-5H3,(H,38,41)(H2,36,43,44)/b37-24+. The predicted octanol–water partition coefficient (Wildman–Crippen LogP) is 5.31.